The molecule has 0 atom stereocenters. The summed E-state index contributed by atoms with van der Waals surface area (Å²) in [5.74, 6) is -1.40. The molecule has 1 aromatic carbocycles. The Labute approximate surface area is 123 Å². The molecule has 5 heteroatoms. The van der Waals surface area contributed by atoms with E-state index < -0.39 is 22.6 Å². The Balaban J connectivity index is 2.28. The van der Waals surface area contributed by atoms with Crippen LogP contribution in [0.3, 0.4) is 0 Å². The molecule has 116 valence electrons. The first-order chi connectivity index (χ1) is 9.76. The van der Waals surface area contributed by atoms with Gasteiger partial charge < -0.3 is 11.1 Å². The second-order valence-corrected chi connectivity index (χ2v) is 6.49. The zero-order chi connectivity index (χ0) is 15.7. The number of halogens is 2. The van der Waals surface area contributed by atoms with E-state index in [0.29, 0.717) is 12.8 Å². The molecule has 2 rings (SSSR count). The fourth-order valence-electron chi connectivity index (χ4n) is 3.05. The van der Waals surface area contributed by atoms with Crippen molar-refractivity contribution in [2.24, 2.45) is 5.73 Å². The predicted molar refractivity (Wildman–Crippen MR) is 77.8 cm³/mol. The van der Waals surface area contributed by atoms with Gasteiger partial charge in [-0.15, -0.1) is 0 Å². The van der Waals surface area contributed by atoms with E-state index in [1.165, 1.54) is 18.2 Å². The fraction of sp³-hybridized carbons (Fsp3) is 0.562. The van der Waals surface area contributed by atoms with Crippen LogP contribution in [0.5, 0.6) is 0 Å². The average molecular weight is 296 g/mol. The Morgan fingerprint density at radius 1 is 1.29 bits per heavy atom. The Morgan fingerprint density at radius 3 is 2.29 bits per heavy atom. The van der Waals surface area contributed by atoms with E-state index in [1.54, 1.807) is 13.8 Å². The molecule has 21 heavy (non-hydrogen) atoms. The number of carbonyl (C=O) groups excluding carboxylic acids is 1. The van der Waals surface area contributed by atoms with Crippen LogP contribution in [0.1, 0.15) is 45.1 Å². The van der Waals surface area contributed by atoms with Crippen molar-refractivity contribution >= 4 is 5.91 Å². The quantitative estimate of drug-likeness (QED) is 0.897. The number of rotatable bonds is 4. The van der Waals surface area contributed by atoms with Gasteiger partial charge in [0.25, 0.3) is 0 Å². The van der Waals surface area contributed by atoms with Gasteiger partial charge in [-0.2, -0.15) is 0 Å². The van der Waals surface area contributed by atoms with Gasteiger partial charge in [-0.1, -0.05) is 18.9 Å². The lowest BCUT2D eigenvalue weighted by Crippen LogP contribution is -2.52. The molecule has 1 aliphatic rings. The summed E-state index contributed by atoms with van der Waals surface area (Å²) < 4.78 is 28.3. The Bertz CT molecular complexity index is 511. The fourth-order valence-corrected chi connectivity index (χ4v) is 3.05. The highest BCUT2D eigenvalue weighted by Crippen LogP contribution is 2.42. The topological polar surface area (TPSA) is 55.1 Å². The van der Waals surface area contributed by atoms with Crippen LogP contribution in [-0.2, 0) is 10.2 Å². The first-order valence-corrected chi connectivity index (χ1v) is 7.28. The molecule has 0 radical (unpaired) electrons. The van der Waals surface area contributed by atoms with Gasteiger partial charge in [-0.25, -0.2) is 8.78 Å². The highest BCUT2D eigenvalue weighted by Gasteiger charge is 2.40. The van der Waals surface area contributed by atoms with Crippen molar-refractivity contribution in [3.8, 4) is 0 Å². The Morgan fingerprint density at radius 2 is 1.81 bits per heavy atom. The first kappa shape index (κ1) is 15.9. The number of hydrogen-bond donors (Lipinski definition) is 2. The Kier molecular flexibility index (Phi) is 4.33. The van der Waals surface area contributed by atoms with E-state index in [1.807, 2.05) is 0 Å². The molecule has 3 nitrogen and oxygen atoms in total. The van der Waals surface area contributed by atoms with Gasteiger partial charge in [0.2, 0.25) is 5.91 Å². The van der Waals surface area contributed by atoms with E-state index in [2.05, 4.69) is 5.32 Å². The molecule has 3 N–H and O–H groups in total. The molecule has 0 spiro atoms. The van der Waals surface area contributed by atoms with Gasteiger partial charge in [0, 0.05) is 17.5 Å². The minimum Gasteiger partial charge on any atom is -0.354 e. The first-order valence-electron chi connectivity index (χ1n) is 7.28. The minimum absolute atomic E-state index is 0.0950. The number of benzene rings is 1. The summed E-state index contributed by atoms with van der Waals surface area (Å²) in [6.07, 6.45) is 3.12. The standard InChI is InChI=1S/C16H22F2N2O/c1-15(2,19)14(21)20-10-16(8-3-4-9-16)13-11(17)6-5-7-12(13)18/h5-7H,3-4,8-10,19H2,1-2H3,(H,20,21). The molecule has 0 unspecified atom stereocenters. The second kappa shape index (κ2) is 5.72. The molecule has 0 aromatic heterocycles. The summed E-state index contributed by atoms with van der Waals surface area (Å²) in [5.41, 5.74) is 4.16. The molecule has 1 fully saturated rings. The third-order valence-corrected chi connectivity index (χ3v) is 4.23. The highest BCUT2D eigenvalue weighted by atomic mass is 19.1. The van der Waals surface area contributed by atoms with Crippen LogP contribution < -0.4 is 11.1 Å². The van der Waals surface area contributed by atoms with E-state index in [9.17, 15) is 13.6 Å². The maximum atomic E-state index is 14.1. The number of carbonyl (C=O) groups is 1. The molecular formula is C16H22F2N2O. The molecule has 1 aliphatic carbocycles. The van der Waals surface area contributed by atoms with Crippen molar-refractivity contribution < 1.29 is 13.6 Å². The lowest BCUT2D eigenvalue weighted by Gasteiger charge is -2.32. The zero-order valence-electron chi connectivity index (χ0n) is 12.5. The summed E-state index contributed by atoms with van der Waals surface area (Å²) in [4.78, 5) is 11.9. The molecule has 0 saturated heterocycles. The molecule has 0 heterocycles. The number of hydrogen-bond acceptors (Lipinski definition) is 2. The predicted octanol–water partition coefficient (Wildman–Crippen LogP) is 2.63. The lowest BCUT2D eigenvalue weighted by atomic mass is 9.78. The van der Waals surface area contributed by atoms with E-state index in [-0.39, 0.29) is 18.0 Å². The smallest absolute Gasteiger partial charge is 0.239 e. The van der Waals surface area contributed by atoms with Gasteiger partial charge >= 0.3 is 0 Å². The van der Waals surface area contributed by atoms with E-state index >= 15 is 0 Å². The van der Waals surface area contributed by atoms with Crippen molar-refractivity contribution in [2.75, 3.05) is 6.54 Å². The summed E-state index contributed by atoms with van der Waals surface area (Å²) in [5, 5.41) is 2.76. The van der Waals surface area contributed by atoms with Gasteiger partial charge in [0.1, 0.15) is 11.6 Å². The van der Waals surface area contributed by atoms with Gasteiger partial charge in [0.05, 0.1) is 5.54 Å². The zero-order valence-corrected chi connectivity index (χ0v) is 12.5. The van der Waals surface area contributed by atoms with Crippen LogP contribution in [0.4, 0.5) is 8.78 Å². The summed E-state index contributed by atoms with van der Waals surface area (Å²) in [6.45, 7) is 3.42. The third kappa shape index (κ3) is 3.23. The summed E-state index contributed by atoms with van der Waals surface area (Å²) in [6, 6.07) is 3.90. The largest absolute Gasteiger partial charge is 0.354 e. The molecule has 1 saturated carbocycles. The average Bonchev–Trinajstić information content (AvgIpc) is 2.84. The van der Waals surface area contributed by atoms with Gasteiger partial charge in [0.15, 0.2) is 0 Å². The minimum atomic E-state index is -1.01. The monoisotopic (exact) mass is 296 g/mol. The molecular weight excluding hydrogens is 274 g/mol. The molecule has 1 amide bonds. The van der Waals surface area contributed by atoms with Gasteiger partial charge in [-0.05, 0) is 38.8 Å². The van der Waals surface area contributed by atoms with E-state index in [4.69, 9.17) is 5.73 Å². The highest BCUT2D eigenvalue weighted by molar-refractivity contribution is 5.85. The summed E-state index contributed by atoms with van der Waals surface area (Å²) in [7, 11) is 0. The number of nitrogens with one attached hydrogen (secondary N) is 1. The second-order valence-electron chi connectivity index (χ2n) is 6.49. The van der Waals surface area contributed by atoms with Crippen LogP contribution in [-0.4, -0.2) is 18.0 Å². The summed E-state index contributed by atoms with van der Waals surface area (Å²) >= 11 is 0. The van der Waals surface area contributed by atoms with E-state index in [0.717, 1.165) is 12.8 Å². The van der Waals surface area contributed by atoms with Crippen LogP contribution in [0.15, 0.2) is 18.2 Å². The van der Waals surface area contributed by atoms with Crippen LogP contribution >= 0.6 is 0 Å². The number of amides is 1. The third-order valence-electron chi connectivity index (χ3n) is 4.23. The van der Waals surface area contributed by atoms with Crippen LogP contribution in [0.2, 0.25) is 0 Å². The molecule has 1 aromatic rings. The Hall–Kier alpha value is -1.49. The lowest BCUT2D eigenvalue weighted by molar-refractivity contribution is -0.125. The van der Waals surface area contributed by atoms with Crippen molar-refractivity contribution in [1.29, 1.82) is 0 Å². The normalized spacial score (nSPS) is 17.8. The van der Waals surface area contributed by atoms with Gasteiger partial charge in [-0.3, -0.25) is 4.79 Å². The van der Waals surface area contributed by atoms with Crippen molar-refractivity contribution in [1.82, 2.24) is 5.32 Å². The van der Waals surface area contributed by atoms with Crippen LogP contribution in [0, 0.1) is 11.6 Å². The SMILES string of the molecule is CC(C)(N)C(=O)NCC1(c2c(F)cccc2F)CCCC1. The molecule has 0 aliphatic heterocycles. The van der Waals surface area contributed by atoms with Crippen molar-refractivity contribution in [3.05, 3.63) is 35.4 Å². The number of nitrogens with two attached hydrogens (primary N) is 1. The van der Waals surface area contributed by atoms with Crippen molar-refractivity contribution in [2.45, 2.75) is 50.5 Å². The van der Waals surface area contributed by atoms with Crippen LogP contribution in [0.25, 0.3) is 0 Å². The molecule has 0 bridgehead atoms. The maximum absolute atomic E-state index is 14.1. The maximum Gasteiger partial charge on any atom is 0.239 e. The van der Waals surface area contributed by atoms with Crippen molar-refractivity contribution in [3.63, 3.8) is 0 Å².